The average Bonchev–Trinajstić information content (AvgIpc) is 3.34. The molecule has 1 aromatic heterocycles. The van der Waals surface area contributed by atoms with Crippen LogP contribution in [0.1, 0.15) is 51.6 Å². The Morgan fingerprint density at radius 2 is 1.64 bits per heavy atom. The number of nitrogens with zero attached hydrogens (tertiary/aromatic N) is 1. The van der Waals surface area contributed by atoms with Crippen LogP contribution in [-0.4, -0.2) is 75.4 Å². The van der Waals surface area contributed by atoms with E-state index in [0.717, 1.165) is 0 Å². The topological polar surface area (TPSA) is 248 Å². The fourth-order valence-electron chi connectivity index (χ4n) is 3.31. The fourth-order valence-corrected chi connectivity index (χ4v) is 3.31. The molecule has 5 unspecified atom stereocenters. The van der Waals surface area contributed by atoms with E-state index in [9.17, 15) is 29.1 Å². The van der Waals surface area contributed by atoms with Crippen molar-refractivity contribution in [3.63, 3.8) is 0 Å². The number of carbonyl (C=O) groups excluding carboxylic acids is 4. The maximum absolute atomic E-state index is 13.2. The lowest BCUT2D eigenvalue weighted by Crippen LogP contribution is -2.58. The SMILES string of the molecule is CCC(C)C(N)C(=O)NC(Cc1cnc[nH]1)C(=O)NC(CCCCN)C(=O)NC(CC(N)=O)C(=O)O. The van der Waals surface area contributed by atoms with Crippen LogP contribution in [0.2, 0.25) is 0 Å². The molecule has 0 aliphatic carbocycles. The number of amides is 4. The number of aromatic amines is 1. The molecule has 36 heavy (non-hydrogen) atoms. The number of hydrogen-bond acceptors (Lipinski definition) is 8. The molecule has 1 heterocycles. The van der Waals surface area contributed by atoms with E-state index >= 15 is 0 Å². The van der Waals surface area contributed by atoms with Crippen molar-refractivity contribution in [2.45, 2.75) is 76.5 Å². The summed E-state index contributed by atoms with van der Waals surface area (Å²) in [5.74, 6) is -4.50. The van der Waals surface area contributed by atoms with Crippen LogP contribution in [0.4, 0.5) is 0 Å². The van der Waals surface area contributed by atoms with Gasteiger partial charge in [-0.2, -0.15) is 0 Å². The molecule has 4 amide bonds. The minimum absolute atomic E-state index is 0.0430. The molecule has 0 aliphatic rings. The van der Waals surface area contributed by atoms with Crippen molar-refractivity contribution in [3.8, 4) is 0 Å². The van der Waals surface area contributed by atoms with Gasteiger partial charge in [-0.1, -0.05) is 20.3 Å². The predicted octanol–water partition coefficient (Wildman–Crippen LogP) is -2.13. The number of primary amides is 1. The van der Waals surface area contributed by atoms with Crippen LogP contribution in [0.3, 0.4) is 0 Å². The quantitative estimate of drug-likeness (QED) is 0.106. The maximum atomic E-state index is 13.2. The van der Waals surface area contributed by atoms with Gasteiger partial charge in [0.15, 0.2) is 0 Å². The summed E-state index contributed by atoms with van der Waals surface area (Å²) in [6.45, 7) is 4.06. The Balaban J connectivity index is 3.08. The van der Waals surface area contributed by atoms with Crippen molar-refractivity contribution < 1.29 is 29.1 Å². The maximum Gasteiger partial charge on any atom is 0.326 e. The molecular weight excluding hydrogens is 472 g/mol. The Kier molecular flexibility index (Phi) is 13.1. The molecule has 0 saturated heterocycles. The molecule has 1 aromatic rings. The highest BCUT2D eigenvalue weighted by Gasteiger charge is 2.31. The number of unbranched alkanes of at least 4 members (excludes halogenated alkanes) is 1. The number of imidazole rings is 1. The summed E-state index contributed by atoms with van der Waals surface area (Å²) in [6.07, 6.45) is 4.16. The Morgan fingerprint density at radius 3 is 2.17 bits per heavy atom. The second-order valence-electron chi connectivity index (χ2n) is 8.67. The number of aliphatic carboxylic acids is 1. The summed E-state index contributed by atoms with van der Waals surface area (Å²) in [5, 5.41) is 16.8. The van der Waals surface area contributed by atoms with Gasteiger partial charge in [-0.3, -0.25) is 19.2 Å². The molecule has 5 atom stereocenters. The largest absolute Gasteiger partial charge is 0.480 e. The molecule has 0 bridgehead atoms. The molecule has 0 fully saturated rings. The van der Waals surface area contributed by atoms with E-state index in [1.807, 2.05) is 13.8 Å². The van der Waals surface area contributed by atoms with Gasteiger partial charge in [0, 0.05) is 18.3 Å². The lowest BCUT2D eigenvalue weighted by molar-refractivity contribution is -0.143. The summed E-state index contributed by atoms with van der Waals surface area (Å²) in [4.78, 5) is 68.2. The molecule has 0 spiro atoms. The van der Waals surface area contributed by atoms with Gasteiger partial charge < -0.3 is 43.2 Å². The normalized spacial score (nSPS) is 15.1. The molecule has 1 rings (SSSR count). The van der Waals surface area contributed by atoms with Crippen molar-refractivity contribution in [2.24, 2.45) is 23.1 Å². The third-order valence-electron chi connectivity index (χ3n) is 5.77. The smallest absolute Gasteiger partial charge is 0.326 e. The second kappa shape index (κ2) is 15.5. The number of aromatic nitrogens is 2. The van der Waals surface area contributed by atoms with Gasteiger partial charge in [0.05, 0.1) is 18.8 Å². The highest BCUT2D eigenvalue weighted by Crippen LogP contribution is 2.08. The van der Waals surface area contributed by atoms with E-state index in [1.54, 1.807) is 0 Å². The summed E-state index contributed by atoms with van der Waals surface area (Å²) in [7, 11) is 0. The van der Waals surface area contributed by atoms with Crippen LogP contribution in [0.15, 0.2) is 12.5 Å². The first-order valence-electron chi connectivity index (χ1n) is 11.8. The van der Waals surface area contributed by atoms with Gasteiger partial charge in [0.25, 0.3) is 0 Å². The van der Waals surface area contributed by atoms with Crippen molar-refractivity contribution in [1.29, 1.82) is 0 Å². The van der Waals surface area contributed by atoms with Crippen LogP contribution < -0.4 is 33.2 Å². The average molecular weight is 511 g/mol. The van der Waals surface area contributed by atoms with Crippen LogP contribution in [-0.2, 0) is 30.4 Å². The number of carboxylic acids is 1. The third-order valence-corrected chi connectivity index (χ3v) is 5.77. The van der Waals surface area contributed by atoms with Crippen LogP contribution >= 0.6 is 0 Å². The molecule has 14 nitrogen and oxygen atoms in total. The highest BCUT2D eigenvalue weighted by molar-refractivity contribution is 5.95. The fraction of sp³-hybridized carbons (Fsp3) is 0.636. The standard InChI is InChI=1S/C22H38N8O6/c1-3-12(2)18(25)21(34)29-15(8-13-10-26-11-27-13)20(33)28-14(6-4-5-7-23)19(32)30-16(22(35)36)9-17(24)31/h10-12,14-16,18H,3-9,23,25H2,1-2H3,(H2,24,31)(H,26,27)(H,28,33)(H,29,34)(H,30,32)(H,35,36). The van der Waals surface area contributed by atoms with Crippen molar-refractivity contribution in [1.82, 2.24) is 25.9 Å². The minimum Gasteiger partial charge on any atom is -0.480 e. The summed E-state index contributed by atoms with van der Waals surface area (Å²) >= 11 is 0. The van der Waals surface area contributed by atoms with Gasteiger partial charge in [-0.25, -0.2) is 9.78 Å². The van der Waals surface area contributed by atoms with Gasteiger partial charge in [-0.05, 0) is 31.7 Å². The van der Waals surface area contributed by atoms with E-state index in [0.29, 0.717) is 31.5 Å². The Bertz CT molecular complexity index is 878. The molecule has 14 heteroatoms. The number of nitrogens with two attached hydrogens (primary N) is 3. The number of H-pyrrole nitrogens is 1. The number of nitrogens with one attached hydrogen (secondary N) is 4. The van der Waals surface area contributed by atoms with Gasteiger partial charge >= 0.3 is 5.97 Å². The monoisotopic (exact) mass is 510 g/mol. The Labute approximate surface area is 209 Å². The predicted molar refractivity (Wildman–Crippen MR) is 130 cm³/mol. The first-order chi connectivity index (χ1) is 17.0. The lowest BCUT2D eigenvalue weighted by atomic mass is 9.98. The summed E-state index contributed by atoms with van der Waals surface area (Å²) in [5.41, 5.74) is 17.2. The summed E-state index contributed by atoms with van der Waals surface area (Å²) in [6, 6.07) is -4.65. The molecule has 0 radical (unpaired) electrons. The zero-order valence-corrected chi connectivity index (χ0v) is 20.7. The van der Waals surface area contributed by atoms with E-state index in [1.165, 1.54) is 12.5 Å². The van der Waals surface area contributed by atoms with Crippen LogP contribution in [0.25, 0.3) is 0 Å². The molecule has 0 aliphatic heterocycles. The molecule has 0 aromatic carbocycles. The van der Waals surface area contributed by atoms with Crippen molar-refractivity contribution >= 4 is 29.6 Å². The number of hydrogen-bond donors (Lipinski definition) is 8. The first kappa shape index (κ1) is 30.5. The van der Waals surface area contributed by atoms with E-state index in [4.69, 9.17) is 17.2 Å². The second-order valence-corrected chi connectivity index (χ2v) is 8.67. The molecule has 202 valence electrons. The molecule has 0 saturated carbocycles. The third kappa shape index (κ3) is 10.4. The van der Waals surface area contributed by atoms with E-state index in [2.05, 4.69) is 25.9 Å². The van der Waals surface area contributed by atoms with Gasteiger partial charge in [-0.15, -0.1) is 0 Å². The van der Waals surface area contributed by atoms with Crippen molar-refractivity contribution in [2.75, 3.05) is 6.54 Å². The zero-order chi connectivity index (χ0) is 27.3. The zero-order valence-electron chi connectivity index (χ0n) is 20.7. The Morgan fingerprint density at radius 1 is 1.03 bits per heavy atom. The Hall–Kier alpha value is -3.52. The summed E-state index contributed by atoms with van der Waals surface area (Å²) < 4.78 is 0. The number of carboxylic acid groups (broad SMARTS) is 1. The minimum atomic E-state index is -1.56. The number of carbonyl (C=O) groups is 5. The molecular formula is C22H38N8O6. The van der Waals surface area contributed by atoms with Crippen LogP contribution in [0.5, 0.6) is 0 Å². The van der Waals surface area contributed by atoms with Crippen LogP contribution in [0, 0.1) is 5.92 Å². The number of rotatable bonds is 17. The van der Waals surface area contributed by atoms with E-state index in [-0.39, 0.29) is 18.8 Å². The highest BCUT2D eigenvalue weighted by atomic mass is 16.4. The van der Waals surface area contributed by atoms with Gasteiger partial charge in [0.2, 0.25) is 23.6 Å². The van der Waals surface area contributed by atoms with Crippen molar-refractivity contribution in [3.05, 3.63) is 18.2 Å². The van der Waals surface area contributed by atoms with E-state index < -0.39 is 60.2 Å². The lowest BCUT2D eigenvalue weighted by Gasteiger charge is -2.26. The van der Waals surface area contributed by atoms with Gasteiger partial charge in [0.1, 0.15) is 18.1 Å². The molecule has 11 N–H and O–H groups in total. The first-order valence-corrected chi connectivity index (χ1v) is 11.8.